The van der Waals surface area contributed by atoms with Crippen molar-refractivity contribution in [2.45, 2.75) is 33.6 Å². The molecule has 0 unspecified atom stereocenters. The van der Waals surface area contributed by atoms with Crippen LogP contribution in [0, 0.1) is 5.41 Å². The lowest BCUT2D eigenvalue weighted by Gasteiger charge is -2.43. The van der Waals surface area contributed by atoms with Crippen LogP contribution in [-0.2, 0) is 0 Å². The van der Waals surface area contributed by atoms with Crippen LogP contribution in [0.3, 0.4) is 0 Å². The Labute approximate surface area is 111 Å². The van der Waals surface area contributed by atoms with E-state index in [0.717, 1.165) is 12.8 Å². The lowest BCUT2D eigenvalue weighted by Crippen LogP contribution is -2.33. The highest BCUT2D eigenvalue weighted by Crippen LogP contribution is 2.48. The van der Waals surface area contributed by atoms with Gasteiger partial charge in [0.2, 0.25) is 0 Å². The lowest BCUT2D eigenvalue weighted by atomic mass is 9.70. The SMILES string of the molecule is C=CC1=C(/C=C\C)C(C)(C)C2=C(C=CCC2)N1C. The topological polar surface area (TPSA) is 3.24 Å². The summed E-state index contributed by atoms with van der Waals surface area (Å²) < 4.78 is 0. The molecule has 0 amide bonds. The smallest absolute Gasteiger partial charge is 0.0443 e. The Kier molecular flexibility index (Phi) is 3.34. The summed E-state index contributed by atoms with van der Waals surface area (Å²) in [6, 6.07) is 0. The van der Waals surface area contributed by atoms with E-state index in [4.69, 9.17) is 0 Å². The maximum atomic E-state index is 3.99. The van der Waals surface area contributed by atoms with Crippen LogP contribution in [0.5, 0.6) is 0 Å². The van der Waals surface area contributed by atoms with Gasteiger partial charge in [-0.3, -0.25) is 0 Å². The van der Waals surface area contributed by atoms with Crippen LogP contribution in [-0.4, -0.2) is 11.9 Å². The van der Waals surface area contributed by atoms with Crippen molar-refractivity contribution in [1.29, 1.82) is 0 Å². The van der Waals surface area contributed by atoms with Crippen LogP contribution in [0.2, 0.25) is 0 Å². The molecule has 0 aromatic rings. The normalized spacial score (nSPS) is 22.8. The van der Waals surface area contributed by atoms with E-state index in [1.54, 1.807) is 5.57 Å². The van der Waals surface area contributed by atoms with Crippen molar-refractivity contribution in [1.82, 2.24) is 4.90 Å². The summed E-state index contributed by atoms with van der Waals surface area (Å²) in [4.78, 5) is 2.28. The zero-order valence-corrected chi connectivity index (χ0v) is 12.0. The molecule has 0 aromatic heterocycles. The van der Waals surface area contributed by atoms with Gasteiger partial charge in [-0.1, -0.05) is 38.7 Å². The highest BCUT2D eigenvalue weighted by atomic mass is 15.1. The van der Waals surface area contributed by atoms with Crippen molar-refractivity contribution in [2.24, 2.45) is 5.41 Å². The van der Waals surface area contributed by atoms with Gasteiger partial charge >= 0.3 is 0 Å². The molecular formula is C17H23N. The van der Waals surface area contributed by atoms with E-state index < -0.39 is 0 Å². The monoisotopic (exact) mass is 241 g/mol. The fraction of sp³-hybridized carbons (Fsp3) is 0.412. The largest absolute Gasteiger partial charge is 0.344 e. The summed E-state index contributed by atoms with van der Waals surface area (Å²) in [6.07, 6.45) is 13.2. The molecule has 0 radical (unpaired) electrons. The average Bonchev–Trinajstić information content (AvgIpc) is 2.37. The molecule has 1 nitrogen and oxygen atoms in total. The molecule has 0 bridgehead atoms. The van der Waals surface area contributed by atoms with Gasteiger partial charge in [-0.25, -0.2) is 0 Å². The highest BCUT2D eigenvalue weighted by molar-refractivity contribution is 5.51. The Bertz CT molecular complexity index is 484. The molecule has 96 valence electrons. The lowest BCUT2D eigenvalue weighted by molar-refractivity contribution is 0.416. The van der Waals surface area contributed by atoms with Gasteiger partial charge in [0.15, 0.2) is 0 Å². The van der Waals surface area contributed by atoms with Crippen molar-refractivity contribution >= 4 is 0 Å². The zero-order chi connectivity index (χ0) is 13.3. The third-order valence-electron chi connectivity index (χ3n) is 4.10. The summed E-state index contributed by atoms with van der Waals surface area (Å²) in [7, 11) is 2.14. The van der Waals surface area contributed by atoms with E-state index >= 15 is 0 Å². The molecule has 18 heavy (non-hydrogen) atoms. The standard InChI is InChI=1S/C17H23N/c1-6-10-13-15(7-2)18(5)16-12-9-8-11-14(16)17(13,3)4/h6-7,9-10,12H,2,8,11H2,1,3-5H3/b10-6-. The van der Waals surface area contributed by atoms with Crippen LogP contribution in [0.25, 0.3) is 0 Å². The van der Waals surface area contributed by atoms with E-state index in [-0.39, 0.29) is 5.41 Å². The number of hydrogen-bond donors (Lipinski definition) is 0. The zero-order valence-electron chi connectivity index (χ0n) is 12.0. The van der Waals surface area contributed by atoms with Crippen molar-refractivity contribution in [3.63, 3.8) is 0 Å². The Balaban J connectivity index is 2.64. The highest BCUT2D eigenvalue weighted by Gasteiger charge is 2.36. The van der Waals surface area contributed by atoms with Crippen LogP contribution < -0.4 is 0 Å². The molecule has 0 atom stereocenters. The van der Waals surface area contributed by atoms with Crippen molar-refractivity contribution in [3.05, 3.63) is 59.5 Å². The van der Waals surface area contributed by atoms with E-state index in [9.17, 15) is 0 Å². The maximum Gasteiger partial charge on any atom is 0.0443 e. The molecular weight excluding hydrogens is 218 g/mol. The minimum absolute atomic E-state index is 0.0998. The molecule has 1 heterocycles. The first-order valence-electron chi connectivity index (χ1n) is 6.67. The number of nitrogens with zero attached hydrogens (tertiary/aromatic N) is 1. The van der Waals surface area contributed by atoms with E-state index in [0.29, 0.717) is 0 Å². The predicted octanol–water partition coefficient (Wildman–Crippen LogP) is 4.58. The fourth-order valence-electron chi connectivity index (χ4n) is 3.10. The third kappa shape index (κ3) is 1.78. The van der Waals surface area contributed by atoms with Crippen molar-refractivity contribution < 1.29 is 0 Å². The molecule has 0 aromatic carbocycles. The fourth-order valence-corrected chi connectivity index (χ4v) is 3.10. The van der Waals surface area contributed by atoms with Crippen LogP contribution >= 0.6 is 0 Å². The molecule has 2 aliphatic rings. The summed E-state index contributed by atoms with van der Waals surface area (Å²) >= 11 is 0. The third-order valence-corrected chi connectivity index (χ3v) is 4.10. The van der Waals surface area contributed by atoms with Gasteiger partial charge in [0, 0.05) is 23.9 Å². The second-order valence-electron chi connectivity index (χ2n) is 5.49. The van der Waals surface area contributed by atoms with Gasteiger partial charge in [0.1, 0.15) is 0 Å². The van der Waals surface area contributed by atoms with Crippen LogP contribution in [0.1, 0.15) is 33.6 Å². The second kappa shape index (κ2) is 4.64. The van der Waals surface area contributed by atoms with Crippen LogP contribution in [0.4, 0.5) is 0 Å². The number of likely N-dealkylation sites (N-methyl/N-ethyl adjacent to an activating group) is 1. The molecule has 0 saturated carbocycles. The molecule has 1 heteroatoms. The molecule has 2 rings (SSSR count). The Morgan fingerprint density at radius 2 is 2.11 bits per heavy atom. The quantitative estimate of drug-likeness (QED) is 0.684. The van der Waals surface area contributed by atoms with E-state index in [2.05, 4.69) is 63.6 Å². The number of hydrogen-bond acceptors (Lipinski definition) is 1. The van der Waals surface area contributed by atoms with Gasteiger partial charge in [-0.05, 0) is 43.1 Å². The van der Waals surface area contributed by atoms with Gasteiger partial charge in [0.05, 0.1) is 0 Å². The Morgan fingerprint density at radius 1 is 1.39 bits per heavy atom. The Hall–Kier alpha value is -1.50. The maximum absolute atomic E-state index is 3.99. The first kappa shape index (κ1) is 12.9. The summed E-state index contributed by atoms with van der Waals surface area (Å²) in [5, 5.41) is 0. The van der Waals surface area contributed by atoms with Gasteiger partial charge < -0.3 is 4.90 Å². The van der Waals surface area contributed by atoms with Gasteiger partial charge in [-0.2, -0.15) is 0 Å². The van der Waals surface area contributed by atoms with Crippen molar-refractivity contribution in [3.8, 4) is 0 Å². The first-order valence-corrected chi connectivity index (χ1v) is 6.67. The minimum atomic E-state index is 0.0998. The van der Waals surface area contributed by atoms with Crippen molar-refractivity contribution in [2.75, 3.05) is 7.05 Å². The van der Waals surface area contributed by atoms with Crippen LogP contribution in [0.15, 0.2) is 59.5 Å². The molecule has 1 aliphatic carbocycles. The van der Waals surface area contributed by atoms with E-state index in [1.165, 1.54) is 17.0 Å². The summed E-state index contributed by atoms with van der Waals surface area (Å²) in [5.74, 6) is 0. The second-order valence-corrected chi connectivity index (χ2v) is 5.49. The molecule has 0 saturated heterocycles. The molecule has 0 N–H and O–H groups in total. The first-order chi connectivity index (χ1) is 8.54. The number of rotatable bonds is 2. The molecule has 0 fully saturated rings. The van der Waals surface area contributed by atoms with Gasteiger partial charge in [-0.15, -0.1) is 0 Å². The summed E-state index contributed by atoms with van der Waals surface area (Å²) in [5.41, 5.74) is 5.60. The summed E-state index contributed by atoms with van der Waals surface area (Å²) in [6.45, 7) is 10.7. The Morgan fingerprint density at radius 3 is 2.72 bits per heavy atom. The minimum Gasteiger partial charge on any atom is -0.344 e. The van der Waals surface area contributed by atoms with Gasteiger partial charge in [0.25, 0.3) is 0 Å². The average molecular weight is 241 g/mol. The number of allylic oxidation sites excluding steroid dienone is 7. The predicted molar refractivity (Wildman–Crippen MR) is 79.0 cm³/mol. The molecule has 0 spiro atoms. The molecule has 1 aliphatic heterocycles. The van der Waals surface area contributed by atoms with E-state index in [1.807, 2.05) is 6.08 Å².